The molecule has 3 nitrogen and oxygen atoms in total. The van der Waals surface area contributed by atoms with Crippen molar-refractivity contribution in [1.29, 1.82) is 5.26 Å². The van der Waals surface area contributed by atoms with Crippen molar-refractivity contribution in [3.63, 3.8) is 0 Å². The smallest absolute Gasteiger partial charge is 0.131 e. The van der Waals surface area contributed by atoms with E-state index in [0.717, 1.165) is 5.56 Å². The van der Waals surface area contributed by atoms with Gasteiger partial charge >= 0.3 is 0 Å². The van der Waals surface area contributed by atoms with Crippen molar-refractivity contribution in [3.05, 3.63) is 82.0 Å². The molecule has 0 bridgehead atoms. The summed E-state index contributed by atoms with van der Waals surface area (Å²) in [6.07, 6.45) is 0.355. The quantitative estimate of drug-likeness (QED) is 0.892. The number of aliphatic hydroxyl groups is 1. The zero-order valence-corrected chi connectivity index (χ0v) is 12.6. The van der Waals surface area contributed by atoms with Gasteiger partial charge < -0.3 is 10.8 Å². The van der Waals surface area contributed by atoms with Crippen LogP contribution in [0.4, 0.5) is 0 Å². The third-order valence-corrected chi connectivity index (χ3v) is 4.48. The van der Waals surface area contributed by atoms with Gasteiger partial charge in [-0.25, -0.2) is 0 Å². The molecular formula is C18H15ClN2O. The molecule has 0 aliphatic heterocycles. The summed E-state index contributed by atoms with van der Waals surface area (Å²) < 4.78 is 0. The van der Waals surface area contributed by atoms with Crippen LogP contribution in [-0.2, 0) is 5.60 Å². The average molecular weight is 311 g/mol. The monoisotopic (exact) mass is 310 g/mol. The van der Waals surface area contributed by atoms with E-state index < -0.39 is 5.60 Å². The number of hydrogen-bond acceptors (Lipinski definition) is 3. The number of nitrogens with zero attached hydrogens (tertiary/aromatic N) is 1. The van der Waals surface area contributed by atoms with E-state index in [1.807, 2.05) is 42.5 Å². The van der Waals surface area contributed by atoms with E-state index in [2.05, 4.69) is 6.07 Å². The van der Waals surface area contributed by atoms with E-state index in [1.165, 1.54) is 0 Å². The molecular weight excluding hydrogens is 296 g/mol. The molecule has 0 saturated carbocycles. The van der Waals surface area contributed by atoms with Crippen LogP contribution in [-0.4, -0.2) is 5.11 Å². The number of benzene rings is 2. The Morgan fingerprint density at radius 3 is 2.36 bits per heavy atom. The number of nitrogens with two attached hydrogens (primary N) is 1. The van der Waals surface area contributed by atoms with Crippen molar-refractivity contribution in [3.8, 4) is 6.07 Å². The van der Waals surface area contributed by atoms with Crippen LogP contribution in [0.25, 0.3) is 0 Å². The zero-order valence-electron chi connectivity index (χ0n) is 11.8. The maximum absolute atomic E-state index is 11.1. The first-order valence-corrected chi connectivity index (χ1v) is 7.37. The normalized spacial score (nSPS) is 24.3. The lowest BCUT2D eigenvalue weighted by molar-refractivity contribution is 0.0724. The number of nitriles is 1. The Hall–Kier alpha value is -2.28. The SMILES string of the molecule is N#CC1=C(N)[C@@](O)(c2ccccc2)C[C@@H]1c1ccc(Cl)cc1. The van der Waals surface area contributed by atoms with Crippen LogP contribution in [0.3, 0.4) is 0 Å². The molecule has 0 spiro atoms. The number of allylic oxidation sites excluding steroid dienone is 1. The summed E-state index contributed by atoms with van der Waals surface area (Å²) in [5.41, 5.74) is 7.12. The Morgan fingerprint density at radius 1 is 1.14 bits per heavy atom. The van der Waals surface area contributed by atoms with Crippen LogP contribution < -0.4 is 5.73 Å². The maximum atomic E-state index is 11.1. The molecule has 1 aliphatic carbocycles. The standard InChI is InChI=1S/C18H15ClN2O/c19-14-8-6-12(7-9-14)15-10-18(22,17(21)16(15)11-20)13-4-2-1-3-5-13/h1-9,15,22H,10,21H2/t15-,18+/m1/s1. The Labute approximate surface area is 134 Å². The molecule has 0 unspecified atom stereocenters. The first kappa shape index (κ1) is 14.6. The fourth-order valence-corrected chi connectivity index (χ4v) is 3.15. The molecule has 0 heterocycles. The van der Waals surface area contributed by atoms with Crippen LogP contribution in [0, 0.1) is 11.3 Å². The van der Waals surface area contributed by atoms with E-state index >= 15 is 0 Å². The van der Waals surface area contributed by atoms with Crippen LogP contribution >= 0.6 is 11.6 Å². The predicted octanol–water partition coefficient (Wildman–Crippen LogP) is 3.45. The van der Waals surface area contributed by atoms with Gasteiger partial charge in [-0.3, -0.25) is 0 Å². The molecule has 2 atom stereocenters. The van der Waals surface area contributed by atoms with E-state index in [9.17, 15) is 10.4 Å². The molecule has 110 valence electrons. The second-order valence-corrected chi connectivity index (χ2v) is 5.91. The van der Waals surface area contributed by atoms with Crippen molar-refractivity contribution in [1.82, 2.24) is 0 Å². The third kappa shape index (κ3) is 2.27. The Bertz CT molecular complexity index is 762. The number of rotatable bonds is 2. The Kier molecular flexibility index (Phi) is 3.66. The molecule has 2 aromatic carbocycles. The van der Waals surface area contributed by atoms with Crippen molar-refractivity contribution in [2.45, 2.75) is 17.9 Å². The van der Waals surface area contributed by atoms with Crippen LogP contribution in [0.15, 0.2) is 65.9 Å². The molecule has 1 aliphatic rings. The van der Waals surface area contributed by atoms with Gasteiger partial charge in [-0.15, -0.1) is 0 Å². The largest absolute Gasteiger partial charge is 0.399 e. The van der Waals surface area contributed by atoms with Gasteiger partial charge in [-0.1, -0.05) is 54.1 Å². The van der Waals surface area contributed by atoms with Crippen LogP contribution in [0.5, 0.6) is 0 Å². The summed E-state index contributed by atoms with van der Waals surface area (Å²) in [6.45, 7) is 0. The first-order valence-electron chi connectivity index (χ1n) is 7.00. The Balaban J connectivity index is 2.07. The highest BCUT2D eigenvalue weighted by Gasteiger charge is 2.45. The van der Waals surface area contributed by atoms with Gasteiger partial charge in [-0.2, -0.15) is 5.26 Å². The van der Waals surface area contributed by atoms with Crippen LogP contribution in [0.1, 0.15) is 23.5 Å². The molecule has 0 radical (unpaired) electrons. The highest BCUT2D eigenvalue weighted by atomic mass is 35.5. The van der Waals surface area contributed by atoms with Gasteiger partial charge in [0.2, 0.25) is 0 Å². The summed E-state index contributed by atoms with van der Waals surface area (Å²) in [7, 11) is 0. The second-order valence-electron chi connectivity index (χ2n) is 5.47. The molecule has 0 aromatic heterocycles. The van der Waals surface area contributed by atoms with Gasteiger partial charge in [0.15, 0.2) is 0 Å². The van der Waals surface area contributed by atoms with Crippen molar-refractivity contribution in [2.75, 3.05) is 0 Å². The van der Waals surface area contributed by atoms with Crippen molar-refractivity contribution < 1.29 is 5.11 Å². The highest BCUT2D eigenvalue weighted by Crippen LogP contribution is 2.48. The summed E-state index contributed by atoms with van der Waals surface area (Å²) in [5.74, 6) is -0.229. The van der Waals surface area contributed by atoms with Gasteiger partial charge in [-0.05, 0) is 29.7 Å². The summed E-state index contributed by atoms with van der Waals surface area (Å²) in [6, 6.07) is 18.7. The van der Waals surface area contributed by atoms with E-state index in [4.69, 9.17) is 17.3 Å². The van der Waals surface area contributed by atoms with Gasteiger partial charge in [0.05, 0.1) is 17.3 Å². The number of hydrogen-bond donors (Lipinski definition) is 2. The molecule has 0 fully saturated rings. The minimum Gasteiger partial charge on any atom is -0.399 e. The fraction of sp³-hybridized carbons (Fsp3) is 0.167. The highest BCUT2D eigenvalue weighted by molar-refractivity contribution is 6.30. The van der Waals surface area contributed by atoms with Crippen molar-refractivity contribution >= 4 is 11.6 Å². The van der Waals surface area contributed by atoms with Crippen LogP contribution in [0.2, 0.25) is 5.02 Å². The molecule has 0 amide bonds. The van der Waals surface area contributed by atoms with Crippen molar-refractivity contribution in [2.24, 2.45) is 5.73 Å². The fourth-order valence-electron chi connectivity index (χ4n) is 3.02. The lowest BCUT2D eigenvalue weighted by Crippen LogP contribution is -2.29. The lowest BCUT2D eigenvalue weighted by Gasteiger charge is -2.25. The molecule has 3 rings (SSSR count). The first-order chi connectivity index (χ1) is 10.6. The molecule has 2 aromatic rings. The van der Waals surface area contributed by atoms with E-state index in [-0.39, 0.29) is 11.6 Å². The average Bonchev–Trinajstić information content (AvgIpc) is 2.81. The molecule has 4 heteroatoms. The zero-order chi connectivity index (χ0) is 15.7. The Morgan fingerprint density at radius 2 is 1.77 bits per heavy atom. The topological polar surface area (TPSA) is 70.0 Å². The van der Waals surface area contributed by atoms with Gasteiger partial charge in [0.1, 0.15) is 5.60 Å². The lowest BCUT2D eigenvalue weighted by atomic mass is 9.86. The minimum atomic E-state index is -1.31. The summed E-state index contributed by atoms with van der Waals surface area (Å²) >= 11 is 5.92. The van der Waals surface area contributed by atoms with Gasteiger partial charge in [0, 0.05) is 10.9 Å². The predicted molar refractivity (Wildman–Crippen MR) is 86.0 cm³/mol. The summed E-state index contributed by atoms with van der Waals surface area (Å²) in [5, 5.41) is 21.2. The maximum Gasteiger partial charge on any atom is 0.131 e. The molecule has 3 N–H and O–H groups in total. The molecule has 0 saturated heterocycles. The summed E-state index contributed by atoms with van der Waals surface area (Å²) in [4.78, 5) is 0. The minimum absolute atomic E-state index is 0.229. The van der Waals surface area contributed by atoms with E-state index in [1.54, 1.807) is 12.1 Å². The van der Waals surface area contributed by atoms with Gasteiger partial charge in [0.25, 0.3) is 0 Å². The van der Waals surface area contributed by atoms with E-state index in [0.29, 0.717) is 22.6 Å². The third-order valence-electron chi connectivity index (χ3n) is 4.23. The molecule has 22 heavy (non-hydrogen) atoms. The number of halogens is 1. The second kappa shape index (κ2) is 5.49.